The highest BCUT2D eigenvalue weighted by atomic mass is 19.1. The summed E-state index contributed by atoms with van der Waals surface area (Å²) in [5.41, 5.74) is 0.691. The Morgan fingerprint density at radius 3 is 2.71 bits per heavy atom. The standard InChI is InChI=1S/C13H20FNO2/c1-15(7-9-16)8-11-17-10-6-12-4-2-3-5-13(12)14/h2-5,16H,6-11H2,1H3. The molecule has 3 nitrogen and oxygen atoms in total. The van der Waals surface area contributed by atoms with Crippen molar-refractivity contribution in [2.75, 3.05) is 40.0 Å². The molecule has 0 saturated carbocycles. The second-order valence-electron chi connectivity index (χ2n) is 3.98. The number of hydrogen-bond donors (Lipinski definition) is 1. The summed E-state index contributed by atoms with van der Waals surface area (Å²) >= 11 is 0. The Hall–Kier alpha value is -0.970. The van der Waals surface area contributed by atoms with E-state index in [0.717, 1.165) is 6.54 Å². The Morgan fingerprint density at radius 2 is 2.00 bits per heavy atom. The lowest BCUT2D eigenvalue weighted by atomic mass is 10.1. The van der Waals surface area contributed by atoms with E-state index >= 15 is 0 Å². The zero-order valence-corrected chi connectivity index (χ0v) is 10.2. The first-order valence-corrected chi connectivity index (χ1v) is 5.84. The number of aliphatic hydroxyl groups is 1. The van der Waals surface area contributed by atoms with Crippen LogP contribution in [0.1, 0.15) is 5.56 Å². The third kappa shape index (κ3) is 5.77. The van der Waals surface area contributed by atoms with Crippen LogP contribution in [0, 0.1) is 5.82 Å². The van der Waals surface area contributed by atoms with E-state index in [1.807, 2.05) is 18.0 Å². The topological polar surface area (TPSA) is 32.7 Å². The minimum absolute atomic E-state index is 0.158. The number of nitrogens with zero attached hydrogens (tertiary/aromatic N) is 1. The first-order chi connectivity index (χ1) is 8.24. The van der Waals surface area contributed by atoms with Crippen molar-refractivity contribution in [1.29, 1.82) is 0 Å². The van der Waals surface area contributed by atoms with Crippen LogP contribution in [0.5, 0.6) is 0 Å². The molecule has 0 saturated heterocycles. The first kappa shape index (κ1) is 14.1. The molecule has 0 aliphatic rings. The summed E-state index contributed by atoms with van der Waals surface area (Å²) in [5, 5.41) is 8.69. The van der Waals surface area contributed by atoms with Gasteiger partial charge in [0.15, 0.2) is 0 Å². The molecule has 0 unspecified atom stereocenters. The molecule has 1 N–H and O–H groups in total. The normalized spacial score (nSPS) is 11.1. The third-order valence-electron chi connectivity index (χ3n) is 2.57. The summed E-state index contributed by atoms with van der Waals surface area (Å²) in [6.45, 7) is 2.71. The fraction of sp³-hybridized carbons (Fsp3) is 0.538. The van der Waals surface area contributed by atoms with E-state index in [2.05, 4.69) is 0 Å². The molecule has 0 aromatic heterocycles. The van der Waals surface area contributed by atoms with Crippen molar-refractivity contribution in [2.24, 2.45) is 0 Å². The third-order valence-corrected chi connectivity index (χ3v) is 2.57. The molecule has 0 aliphatic carbocycles. The predicted octanol–water partition coefficient (Wildman–Crippen LogP) is 1.31. The van der Waals surface area contributed by atoms with Gasteiger partial charge < -0.3 is 14.7 Å². The van der Waals surface area contributed by atoms with E-state index in [0.29, 0.717) is 31.7 Å². The predicted molar refractivity (Wildman–Crippen MR) is 65.5 cm³/mol. The van der Waals surface area contributed by atoms with Gasteiger partial charge in [0.1, 0.15) is 5.82 Å². The highest BCUT2D eigenvalue weighted by Gasteiger charge is 2.00. The van der Waals surface area contributed by atoms with Crippen molar-refractivity contribution in [1.82, 2.24) is 4.90 Å². The second kappa shape index (κ2) is 8.17. The van der Waals surface area contributed by atoms with Gasteiger partial charge in [-0.25, -0.2) is 4.39 Å². The highest BCUT2D eigenvalue weighted by Crippen LogP contribution is 2.06. The fourth-order valence-electron chi connectivity index (χ4n) is 1.49. The average Bonchev–Trinajstić information content (AvgIpc) is 2.31. The van der Waals surface area contributed by atoms with Crippen molar-refractivity contribution < 1.29 is 14.2 Å². The van der Waals surface area contributed by atoms with Crippen molar-refractivity contribution in [3.8, 4) is 0 Å². The van der Waals surface area contributed by atoms with Crippen molar-refractivity contribution in [3.05, 3.63) is 35.6 Å². The van der Waals surface area contributed by atoms with Gasteiger partial charge >= 0.3 is 0 Å². The highest BCUT2D eigenvalue weighted by molar-refractivity contribution is 5.17. The zero-order valence-electron chi connectivity index (χ0n) is 10.2. The molecule has 0 aliphatic heterocycles. The minimum atomic E-state index is -0.173. The number of likely N-dealkylation sites (N-methyl/N-ethyl adjacent to an activating group) is 1. The molecule has 4 heteroatoms. The summed E-state index contributed by atoms with van der Waals surface area (Å²) in [6, 6.07) is 6.75. The molecule has 0 amide bonds. The van der Waals surface area contributed by atoms with Gasteiger partial charge in [0.25, 0.3) is 0 Å². The molecule has 96 valence electrons. The van der Waals surface area contributed by atoms with Crippen LogP contribution in [0.15, 0.2) is 24.3 Å². The van der Waals surface area contributed by atoms with Gasteiger partial charge in [-0.2, -0.15) is 0 Å². The average molecular weight is 241 g/mol. The van der Waals surface area contributed by atoms with E-state index < -0.39 is 0 Å². The van der Waals surface area contributed by atoms with Crippen LogP contribution in [-0.4, -0.2) is 50.0 Å². The first-order valence-electron chi connectivity index (χ1n) is 5.84. The molecule has 0 spiro atoms. The zero-order chi connectivity index (χ0) is 12.5. The number of benzene rings is 1. The van der Waals surface area contributed by atoms with E-state index in [1.165, 1.54) is 6.07 Å². The molecule has 0 atom stereocenters. The van der Waals surface area contributed by atoms with E-state index in [9.17, 15) is 4.39 Å². The lowest BCUT2D eigenvalue weighted by Crippen LogP contribution is -2.26. The van der Waals surface area contributed by atoms with Crippen molar-refractivity contribution >= 4 is 0 Å². The maximum Gasteiger partial charge on any atom is 0.126 e. The number of rotatable bonds is 8. The quantitative estimate of drug-likeness (QED) is 0.697. The van der Waals surface area contributed by atoms with Crippen LogP contribution < -0.4 is 0 Å². The van der Waals surface area contributed by atoms with Crippen LogP contribution >= 0.6 is 0 Å². The number of aliphatic hydroxyl groups excluding tert-OH is 1. The van der Waals surface area contributed by atoms with Crippen LogP contribution in [0.2, 0.25) is 0 Å². The molecule has 17 heavy (non-hydrogen) atoms. The largest absolute Gasteiger partial charge is 0.395 e. The molecular weight excluding hydrogens is 221 g/mol. The number of halogens is 1. The van der Waals surface area contributed by atoms with E-state index in [1.54, 1.807) is 12.1 Å². The van der Waals surface area contributed by atoms with Crippen LogP contribution in [0.4, 0.5) is 4.39 Å². The Bertz CT molecular complexity index is 320. The molecule has 1 aromatic carbocycles. The van der Waals surface area contributed by atoms with Gasteiger partial charge in [-0.3, -0.25) is 0 Å². The van der Waals surface area contributed by atoms with E-state index in [4.69, 9.17) is 9.84 Å². The maximum atomic E-state index is 13.2. The minimum Gasteiger partial charge on any atom is -0.395 e. The summed E-state index contributed by atoms with van der Waals surface area (Å²) in [4.78, 5) is 1.99. The summed E-state index contributed by atoms with van der Waals surface area (Å²) in [6.07, 6.45) is 0.594. The monoisotopic (exact) mass is 241 g/mol. The van der Waals surface area contributed by atoms with Crippen molar-refractivity contribution in [2.45, 2.75) is 6.42 Å². The molecule has 1 aromatic rings. The van der Waals surface area contributed by atoms with Gasteiger partial charge in [-0.1, -0.05) is 18.2 Å². The lowest BCUT2D eigenvalue weighted by molar-refractivity contribution is 0.107. The molecule has 0 bridgehead atoms. The maximum absolute atomic E-state index is 13.2. The number of hydrogen-bond acceptors (Lipinski definition) is 3. The Balaban J connectivity index is 2.10. The van der Waals surface area contributed by atoms with Crippen LogP contribution in [0.25, 0.3) is 0 Å². The smallest absolute Gasteiger partial charge is 0.126 e. The molecular formula is C13H20FNO2. The Kier molecular flexibility index (Phi) is 6.77. The van der Waals surface area contributed by atoms with Crippen LogP contribution in [-0.2, 0) is 11.2 Å². The summed E-state index contributed by atoms with van der Waals surface area (Å²) in [7, 11) is 1.93. The number of ether oxygens (including phenoxy) is 1. The van der Waals surface area contributed by atoms with Crippen molar-refractivity contribution in [3.63, 3.8) is 0 Å². The molecule has 0 fully saturated rings. The van der Waals surface area contributed by atoms with Gasteiger partial charge in [0, 0.05) is 13.1 Å². The summed E-state index contributed by atoms with van der Waals surface area (Å²) < 4.78 is 18.7. The fourth-order valence-corrected chi connectivity index (χ4v) is 1.49. The molecule has 0 radical (unpaired) electrons. The van der Waals surface area contributed by atoms with Gasteiger partial charge in [-0.15, -0.1) is 0 Å². The van der Waals surface area contributed by atoms with Crippen LogP contribution in [0.3, 0.4) is 0 Å². The Morgan fingerprint density at radius 1 is 1.24 bits per heavy atom. The Labute approximate surface area is 102 Å². The SMILES string of the molecule is CN(CCO)CCOCCc1ccccc1F. The lowest BCUT2D eigenvalue weighted by Gasteiger charge is -2.14. The van der Waals surface area contributed by atoms with E-state index in [-0.39, 0.29) is 12.4 Å². The van der Waals surface area contributed by atoms with Gasteiger partial charge in [0.05, 0.1) is 19.8 Å². The second-order valence-corrected chi connectivity index (χ2v) is 3.98. The molecule has 0 heterocycles. The van der Waals surface area contributed by atoms with Gasteiger partial charge in [0.2, 0.25) is 0 Å². The summed E-state index contributed by atoms with van der Waals surface area (Å²) in [5.74, 6) is -0.173. The molecule has 1 rings (SSSR count). The van der Waals surface area contributed by atoms with Gasteiger partial charge in [-0.05, 0) is 25.1 Å².